The number of anilines is 1. The fourth-order valence-electron chi connectivity index (χ4n) is 1.70. The van der Waals surface area contributed by atoms with Crippen LogP contribution in [0.1, 0.15) is 19.3 Å². The summed E-state index contributed by atoms with van der Waals surface area (Å²) in [5, 5.41) is 2.61. The van der Waals surface area contributed by atoms with Crippen LogP contribution in [0.3, 0.4) is 0 Å². The molecule has 0 saturated heterocycles. The van der Waals surface area contributed by atoms with Gasteiger partial charge in [-0.15, -0.1) is 37.1 Å². The maximum Gasteiger partial charge on any atom is 0.573 e. The van der Waals surface area contributed by atoms with Crippen LogP contribution in [0.4, 0.5) is 18.9 Å². The van der Waals surface area contributed by atoms with Gasteiger partial charge in [-0.1, -0.05) is 12.1 Å². The lowest BCUT2D eigenvalue weighted by Crippen LogP contribution is -2.24. The lowest BCUT2D eigenvalue weighted by atomic mass is 10.2. The SMILES string of the molecule is COCCCCCN=C(N)Nc1ccccc1OC(F)(F)F.I. The second kappa shape index (κ2) is 11.3. The molecule has 9 heteroatoms. The Morgan fingerprint density at radius 2 is 1.91 bits per heavy atom. The number of para-hydroxylation sites is 2. The Morgan fingerprint density at radius 3 is 2.57 bits per heavy atom. The van der Waals surface area contributed by atoms with Gasteiger partial charge in [-0.3, -0.25) is 4.99 Å². The molecule has 0 aliphatic rings. The monoisotopic (exact) mass is 447 g/mol. The van der Waals surface area contributed by atoms with Gasteiger partial charge in [0.25, 0.3) is 0 Å². The zero-order valence-corrected chi connectivity index (χ0v) is 15.1. The molecule has 0 spiro atoms. The molecule has 3 N–H and O–H groups in total. The molecule has 1 aromatic carbocycles. The maximum absolute atomic E-state index is 12.3. The molecule has 0 fully saturated rings. The number of unbranched alkanes of at least 4 members (excludes halogenated alkanes) is 2. The molecule has 0 bridgehead atoms. The van der Waals surface area contributed by atoms with Gasteiger partial charge in [-0.2, -0.15) is 0 Å². The molecule has 0 atom stereocenters. The molecule has 0 unspecified atom stereocenters. The first-order valence-electron chi connectivity index (χ1n) is 6.83. The number of ether oxygens (including phenoxy) is 2. The summed E-state index contributed by atoms with van der Waals surface area (Å²) < 4.78 is 45.7. The predicted octanol–water partition coefficient (Wildman–Crippen LogP) is 3.75. The van der Waals surface area contributed by atoms with E-state index in [-0.39, 0.29) is 41.4 Å². The molecular weight excluding hydrogens is 426 g/mol. The number of benzene rings is 1. The molecule has 1 aromatic rings. The van der Waals surface area contributed by atoms with Crippen LogP contribution in [0.25, 0.3) is 0 Å². The van der Waals surface area contributed by atoms with Crippen LogP contribution in [-0.4, -0.2) is 32.6 Å². The van der Waals surface area contributed by atoms with E-state index in [0.29, 0.717) is 13.2 Å². The van der Waals surface area contributed by atoms with Gasteiger partial charge >= 0.3 is 6.36 Å². The van der Waals surface area contributed by atoms with Crippen molar-refractivity contribution in [1.29, 1.82) is 0 Å². The van der Waals surface area contributed by atoms with E-state index < -0.39 is 6.36 Å². The van der Waals surface area contributed by atoms with Crippen molar-refractivity contribution in [3.05, 3.63) is 24.3 Å². The number of nitrogens with one attached hydrogen (secondary N) is 1. The van der Waals surface area contributed by atoms with Crippen molar-refractivity contribution in [2.75, 3.05) is 25.6 Å². The van der Waals surface area contributed by atoms with Crippen LogP contribution in [0, 0.1) is 0 Å². The number of aliphatic imine (C=N–C) groups is 1. The lowest BCUT2D eigenvalue weighted by molar-refractivity contribution is -0.274. The van der Waals surface area contributed by atoms with Crippen molar-refractivity contribution < 1.29 is 22.6 Å². The van der Waals surface area contributed by atoms with Gasteiger partial charge in [0, 0.05) is 20.3 Å². The van der Waals surface area contributed by atoms with Crippen molar-refractivity contribution in [2.45, 2.75) is 25.6 Å². The van der Waals surface area contributed by atoms with Crippen LogP contribution in [0.2, 0.25) is 0 Å². The molecule has 1 rings (SSSR count). The van der Waals surface area contributed by atoms with Crippen molar-refractivity contribution in [3.8, 4) is 5.75 Å². The number of rotatable bonds is 8. The number of methoxy groups -OCH3 is 1. The van der Waals surface area contributed by atoms with Gasteiger partial charge in [0.1, 0.15) is 0 Å². The number of alkyl halides is 3. The third-order valence-corrected chi connectivity index (χ3v) is 2.66. The number of hydrogen-bond donors (Lipinski definition) is 2. The maximum atomic E-state index is 12.3. The molecule has 0 aromatic heterocycles. The van der Waals surface area contributed by atoms with E-state index in [1.165, 1.54) is 18.2 Å². The van der Waals surface area contributed by atoms with Crippen molar-refractivity contribution in [1.82, 2.24) is 0 Å². The van der Waals surface area contributed by atoms with Crippen LogP contribution in [-0.2, 0) is 4.74 Å². The minimum atomic E-state index is -4.76. The Labute approximate surface area is 150 Å². The average Bonchev–Trinajstić information content (AvgIpc) is 2.43. The predicted molar refractivity (Wildman–Crippen MR) is 94.4 cm³/mol. The molecule has 132 valence electrons. The zero-order valence-electron chi connectivity index (χ0n) is 12.7. The van der Waals surface area contributed by atoms with E-state index in [1.807, 2.05) is 0 Å². The normalized spacial score (nSPS) is 11.7. The van der Waals surface area contributed by atoms with Gasteiger partial charge < -0.3 is 20.5 Å². The van der Waals surface area contributed by atoms with E-state index >= 15 is 0 Å². The third kappa shape index (κ3) is 10.2. The summed E-state index contributed by atoms with van der Waals surface area (Å²) in [4.78, 5) is 4.06. The third-order valence-electron chi connectivity index (χ3n) is 2.66. The van der Waals surface area contributed by atoms with Crippen LogP contribution in [0.5, 0.6) is 5.75 Å². The highest BCUT2D eigenvalue weighted by Crippen LogP contribution is 2.29. The average molecular weight is 447 g/mol. The standard InChI is InChI=1S/C14H20F3N3O2.HI/c1-21-10-6-2-5-9-19-13(18)20-11-7-3-4-8-12(11)22-14(15,16)17;/h3-4,7-8H,2,5-6,9-10H2,1H3,(H3,18,19,20);1H. The fourth-order valence-corrected chi connectivity index (χ4v) is 1.70. The van der Waals surface area contributed by atoms with Gasteiger partial charge in [0.15, 0.2) is 11.7 Å². The van der Waals surface area contributed by atoms with Crippen LogP contribution < -0.4 is 15.8 Å². The molecule has 0 aliphatic heterocycles. The summed E-state index contributed by atoms with van der Waals surface area (Å²) >= 11 is 0. The molecule has 0 amide bonds. The van der Waals surface area contributed by atoms with Crippen LogP contribution in [0.15, 0.2) is 29.3 Å². The minimum Gasteiger partial charge on any atom is -0.404 e. The summed E-state index contributed by atoms with van der Waals surface area (Å²) in [6, 6.07) is 5.65. The Morgan fingerprint density at radius 1 is 1.22 bits per heavy atom. The molecule has 5 nitrogen and oxygen atoms in total. The Hall–Kier alpha value is -1.23. The topological polar surface area (TPSA) is 68.9 Å². The van der Waals surface area contributed by atoms with Gasteiger partial charge in [0.05, 0.1) is 5.69 Å². The summed E-state index contributed by atoms with van der Waals surface area (Å²) in [6.07, 6.45) is -2.06. The summed E-state index contributed by atoms with van der Waals surface area (Å²) in [6.45, 7) is 1.18. The Kier molecular flexibility index (Phi) is 10.7. The smallest absolute Gasteiger partial charge is 0.404 e. The molecule has 0 heterocycles. The van der Waals surface area contributed by atoms with E-state index in [9.17, 15) is 13.2 Å². The zero-order chi connectivity index (χ0) is 16.4. The van der Waals surface area contributed by atoms with E-state index in [2.05, 4.69) is 15.0 Å². The van der Waals surface area contributed by atoms with Gasteiger partial charge in [-0.05, 0) is 31.4 Å². The Bertz CT molecular complexity index is 485. The van der Waals surface area contributed by atoms with E-state index in [4.69, 9.17) is 10.5 Å². The quantitative estimate of drug-likeness (QED) is 0.276. The van der Waals surface area contributed by atoms with Crippen molar-refractivity contribution >= 4 is 35.6 Å². The second-order valence-corrected chi connectivity index (χ2v) is 4.49. The highest BCUT2D eigenvalue weighted by atomic mass is 127. The number of hydrogen-bond acceptors (Lipinski definition) is 3. The first-order valence-corrected chi connectivity index (χ1v) is 6.83. The number of nitrogens with two attached hydrogens (primary N) is 1. The summed E-state index contributed by atoms with van der Waals surface area (Å²) in [5.41, 5.74) is 5.77. The highest BCUT2D eigenvalue weighted by Gasteiger charge is 2.32. The first-order chi connectivity index (χ1) is 10.4. The lowest BCUT2D eigenvalue weighted by Gasteiger charge is -2.14. The summed E-state index contributed by atoms with van der Waals surface area (Å²) in [7, 11) is 1.64. The summed E-state index contributed by atoms with van der Waals surface area (Å²) in [5.74, 6) is -0.307. The Balaban J connectivity index is 0.00000484. The van der Waals surface area contributed by atoms with Crippen molar-refractivity contribution in [2.24, 2.45) is 10.7 Å². The molecule has 0 radical (unpaired) electrons. The van der Waals surface area contributed by atoms with E-state index in [1.54, 1.807) is 13.2 Å². The first kappa shape index (κ1) is 21.8. The largest absolute Gasteiger partial charge is 0.573 e. The van der Waals surface area contributed by atoms with Crippen molar-refractivity contribution in [3.63, 3.8) is 0 Å². The van der Waals surface area contributed by atoms with Crippen LogP contribution >= 0.6 is 24.0 Å². The highest BCUT2D eigenvalue weighted by molar-refractivity contribution is 14.0. The molecule has 0 aliphatic carbocycles. The number of nitrogens with zero attached hydrogens (tertiary/aromatic N) is 1. The van der Waals surface area contributed by atoms with Gasteiger partial charge in [0.2, 0.25) is 0 Å². The molecule has 0 saturated carbocycles. The second-order valence-electron chi connectivity index (χ2n) is 4.49. The fraction of sp³-hybridized carbons (Fsp3) is 0.500. The minimum absolute atomic E-state index is 0. The number of guanidine groups is 1. The van der Waals surface area contributed by atoms with E-state index in [0.717, 1.165) is 19.3 Å². The molecular formula is C14H21F3IN3O2. The van der Waals surface area contributed by atoms with Gasteiger partial charge in [-0.25, -0.2) is 0 Å². The molecule has 23 heavy (non-hydrogen) atoms. The number of halogens is 4.